The quantitative estimate of drug-likeness (QED) is 0.438. The molecule has 0 bridgehead atoms. The third kappa shape index (κ3) is 6.39. The largest absolute Gasteiger partial charge is 0.490 e. The first-order valence-electron chi connectivity index (χ1n) is 8.81. The maximum absolute atomic E-state index is 11.6. The fraction of sp³-hybridized carbons (Fsp3) is 0.333. The third-order valence-electron chi connectivity index (χ3n) is 3.84. The molecule has 0 radical (unpaired) electrons. The van der Waals surface area contributed by atoms with E-state index in [0.29, 0.717) is 12.4 Å². The lowest BCUT2D eigenvalue weighted by molar-refractivity contribution is -0.192. The molecular formula is C18H20F3N5O4S. The highest BCUT2D eigenvalue weighted by Gasteiger charge is 2.38. The minimum atomic E-state index is -5.08. The van der Waals surface area contributed by atoms with Gasteiger partial charge in [-0.3, -0.25) is 4.79 Å². The lowest BCUT2D eigenvalue weighted by atomic mass is 10.1. The van der Waals surface area contributed by atoms with Crippen LogP contribution in [0, 0.1) is 6.92 Å². The number of carbonyl (C=O) groups is 2. The van der Waals surface area contributed by atoms with E-state index < -0.39 is 18.1 Å². The van der Waals surface area contributed by atoms with Gasteiger partial charge in [0.25, 0.3) is 5.91 Å². The highest BCUT2D eigenvalue weighted by molar-refractivity contribution is 7.19. The summed E-state index contributed by atoms with van der Waals surface area (Å²) in [5, 5.41) is 10.3. The van der Waals surface area contributed by atoms with Gasteiger partial charge in [0, 0.05) is 10.9 Å². The van der Waals surface area contributed by atoms with E-state index in [9.17, 15) is 18.0 Å². The summed E-state index contributed by atoms with van der Waals surface area (Å²) in [6.45, 7) is 4.39. The molecule has 168 valence electrons. The van der Waals surface area contributed by atoms with Crippen LogP contribution in [-0.2, 0) is 17.8 Å². The summed E-state index contributed by atoms with van der Waals surface area (Å²) in [4.78, 5) is 30.2. The molecule has 13 heteroatoms. The SMILES string of the molecule is Cc1c(C[C@H](C)N)sc2c(NCc3ccco3)nc(C(N)=O)nc12.O=C(O)C(F)(F)F. The van der Waals surface area contributed by atoms with Crippen molar-refractivity contribution in [1.82, 2.24) is 9.97 Å². The second-order valence-corrected chi connectivity index (χ2v) is 7.61. The zero-order valence-corrected chi connectivity index (χ0v) is 17.3. The van der Waals surface area contributed by atoms with Gasteiger partial charge in [-0.25, -0.2) is 14.8 Å². The number of aromatic nitrogens is 2. The van der Waals surface area contributed by atoms with Crippen molar-refractivity contribution in [3.8, 4) is 0 Å². The number of alkyl halides is 3. The van der Waals surface area contributed by atoms with Gasteiger partial charge < -0.3 is 26.3 Å². The third-order valence-corrected chi connectivity index (χ3v) is 5.15. The molecule has 3 aromatic heterocycles. The molecule has 0 aromatic carbocycles. The van der Waals surface area contributed by atoms with E-state index in [2.05, 4.69) is 15.3 Å². The Balaban J connectivity index is 0.000000423. The Bertz CT molecular complexity index is 1060. The van der Waals surface area contributed by atoms with Gasteiger partial charge in [-0.2, -0.15) is 13.2 Å². The molecule has 6 N–H and O–H groups in total. The Morgan fingerprint density at radius 3 is 2.48 bits per heavy atom. The van der Waals surface area contributed by atoms with Crippen molar-refractivity contribution in [1.29, 1.82) is 0 Å². The number of primary amides is 1. The Morgan fingerprint density at radius 1 is 1.35 bits per heavy atom. The highest BCUT2D eigenvalue weighted by Crippen LogP contribution is 2.34. The number of aliphatic carboxylic acids is 1. The Kier molecular flexibility index (Phi) is 7.57. The summed E-state index contributed by atoms with van der Waals surface area (Å²) in [7, 11) is 0. The number of aryl methyl sites for hydroxylation is 1. The number of carbonyl (C=O) groups excluding carboxylic acids is 1. The van der Waals surface area contributed by atoms with Crippen LogP contribution >= 0.6 is 11.3 Å². The fourth-order valence-electron chi connectivity index (χ4n) is 2.43. The number of furan rings is 1. The first kappa shape index (κ1) is 24.1. The topological polar surface area (TPSA) is 157 Å². The van der Waals surface area contributed by atoms with E-state index in [1.807, 2.05) is 26.0 Å². The highest BCUT2D eigenvalue weighted by atomic mass is 32.1. The van der Waals surface area contributed by atoms with Gasteiger partial charge >= 0.3 is 12.1 Å². The predicted molar refractivity (Wildman–Crippen MR) is 108 cm³/mol. The molecule has 9 nitrogen and oxygen atoms in total. The molecule has 0 unspecified atom stereocenters. The molecular weight excluding hydrogens is 439 g/mol. The van der Waals surface area contributed by atoms with Crippen molar-refractivity contribution in [2.45, 2.75) is 39.0 Å². The molecule has 1 atom stereocenters. The second kappa shape index (κ2) is 9.75. The van der Waals surface area contributed by atoms with E-state index in [0.717, 1.165) is 32.8 Å². The summed E-state index contributed by atoms with van der Waals surface area (Å²) in [5.41, 5.74) is 13.0. The van der Waals surface area contributed by atoms with Crippen LogP contribution in [0.3, 0.4) is 0 Å². The number of fused-ring (bicyclic) bond motifs is 1. The number of nitrogens with one attached hydrogen (secondary N) is 1. The molecule has 0 aliphatic carbocycles. The zero-order chi connectivity index (χ0) is 23.3. The number of thiophene rings is 1. The average molecular weight is 459 g/mol. The van der Waals surface area contributed by atoms with Crippen LogP contribution in [0.2, 0.25) is 0 Å². The van der Waals surface area contributed by atoms with Crippen molar-refractivity contribution < 1.29 is 32.3 Å². The van der Waals surface area contributed by atoms with Gasteiger partial charge in [0.1, 0.15) is 11.6 Å². The molecule has 3 rings (SSSR count). The number of hydrogen-bond donors (Lipinski definition) is 4. The van der Waals surface area contributed by atoms with Crippen LogP contribution in [0.25, 0.3) is 10.2 Å². The summed E-state index contributed by atoms with van der Waals surface area (Å²) in [5.74, 6) is -2.07. The van der Waals surface area contributed by atoms with Crippen LogP contribution in [0.15, 0.2) is 22.8 Å². The number of amides is 1. The van der Waals surface area contributed by atoms with E-state index in [-0.39, 0.29) is 11.9 Å². The fourth-order valence-corrected chi connectivity index (χ4v) is 3.79. The molecule has 0 aliphatic heterocycles. The van der Waals surface area contributed by atoms with Crippen molar-refractivity contribution >= 4 is 39.2 Å². The van der Waals surface area contributed by atoms with Crippen LogP contribution in [0.1, 0.15) is 33.7 Å². The number of nitrogens with two attached hydrogens (primary N) is 2. The number of anilines is 1. The van der Waals surface area contributed by atoms with Gasteiger partial charge in [-0.05, 0) is 38.0 Å². The summed E-state index contributed by atoms with van der Waals surface area (Å²) in [6, 6.07) is 3.72. The molecule has 0 aliphatic rings. The van der Waals surface area contributed by atoms with Gasteiger partial charge in [0.15, 0.2) is 0 Å². The monoisotopic (exact) mass is 459 g/mol. The maximum Gasteiger partial charge on any atom is 0.490 e. The van der Waals surface area contributed by atoms with Crippen molar-refractivity contribution in [2.24, 2.45) is 11.5 Å². The Morgan fingerprint density at radius 2 is 2.00 bits per heavy atom. The van der Waals surface area contributed by atoms with Crippen LogP contribution in [0.5, 0.6) is 0 Å². The minimum absolute atomic E-state index is 0.00214. The van der Waals surface area contributed by atoms with E-state index in [4.69, 9.17) is 25.8 Å². The zero-order valence-electron chi connectivity index (χ0n) is 16.5. The minimum Gasteiger partial charge on any atom is -0.475 e. The maximum atomic E-state index is 11.6. The summed E-state index contributed by atoms with van der Waals surface area (Å²) >= 11 is 1.59. The van der Waals surface area contributed by atoms with Crippen LogP contribution < -0.4 is 16.8 Å². The number of carboxylic acid groups (broad SMARTS) is 1. The first-order chi connectivity index (χ1) is 14.4. The average Bonchev–Trinajstić information content (AvgIpc) is 3.28. The second-order valence-electron chi connectivity index (χ2n) is 6.51. The summed E-state index contributed by atoms with van der Waals surface area (Å²) in [6.07, 6.45) is -2.73. The molecule has 0 saturated carbocycles. The van der Waals surface area contributed by atoms with Crippen molar-refractivity contribution in [3.05, 3.63) is 40.4 Å². The van der Waals surface area contributed by atoms with Gasteiger partial charge in [0.2, 0.25) is 5.82 Å². The number of halogens is 3. The standard InChI is InChI=1S/C16H19N5O2S.C2HF3O2/c1-8(17)6-11-9(2)12-13(24-11)15(21-16(20-12)14(18)22)19-7-10-4-3-5-23-10;3-2(4,5)1(6)7/h3-5,8H,6-7,17H2,1-2H3,(H2,18,22)(H,19,20,21);(H,6,7)/t8-;/m0./s1. The van der Waals surface area contributed by atoms with E-state index in [1.165, 1.54) is 0 Å². The summed E-state index contributed by atoms with van der Waals surface area (Å²) < 4.78 is 37.9. The lowest BCUT2D eigenvalue weighted by Gasteiger charge is -2.06. The normalized spacial score (nSPS) is 12.2. The van der Waals surface area contributed by atoms with E-state index >= 15 is 0 Å². The van der Waals surface area contributed by atoms with Gasteiger partial charge in [-0.1, -0.05) is 0 Å². The van der Waals surface area contributed by atoms with Crippen molar-refractivity contribution in [3.63, 3.8) is 0 Å². The van der Waals surface area contributed by atoms with Gasteiger partial charge in [-0.15, -0.1) is 11.3 Å². The number of rotatable bonds is 6. The number of nitrogens with zero attached hydrogens (tertiary/aromatic N) is 2. The Hall–Kier alpha value is -3.19. The van der Waals surface area contributed by atoms with E-state index in [1.54, 1.807) is 17.6 Å². The van der Waals surface area contributed by atoms with Crippen LogP contribution in [-0.4, -0.2) is 39.2 Å². The van der Waals surface area contributed by atoms with Crippen molar-refractivity contribution in [2.75, 3.05) is 5.32 Å². The number of hydrogen-bond acceptors (Lipinski definition) is 8. The smallest absolute Gasteiger partial charge is 0.475 e. The molecule has 0 fully saturated rings. The lowest BCUT2D eigenvalue weighted by Crippen LogP contribution is -2.21. The van der Waals surface area contributed by atoms with Crippen LogP contribution in [0.4, 0.5) is 19.0 Å². The molecule has 31 heavy (non-hydrogen) atoms. The van der Waals surface area contributed by atoms with Gasteiger partial charge in [0.05, 0.1) is 23.0 Å². The first-order valence-corrected chi connectivity index (χ1v) is 9.63. The molecule has 0 saturated heterocycles. The molecule has 0 spiro atoms. The number of carboxylic acids is 1. The molecule has 3 heterocycles. The predicted octanol–water partition coefficient (Wildman–Crippen LogP) is 2.83. The molecule has 3 aromatic rings. The Labute approximate surface area is 178 Å². The molecule has 1 amide bonds.